The maximum absolute atomic E-state index is 11.0. The Morgan fingerprint density at radius 2 is 1.25 bits per heavy atom. The fourth-order valence-corrected chi connectivity index (χ4v) is 6.16. The molecule has 2 amide bonds. The van der Waals surface area contributed by atoms with E-state index in [4.69, 9.17) is 15.2 Å². The Morgan fingerprint density at radius 1 is 0.656 bits per heavy atom. The molecule has 318 valence electrons. The van der Waals surface area contributed by atoms with Gasteiger partial charge < -0.3 is 31.2 Å². The first kappa shape index (κ1) is 43.3. The topological polar surface area (TPSA) is 205 Å². The number of hydrogen-bond donors (Lipinski definition) is 4. The summed E-state index contributed by atoms with van der Waals surface area (Å²) >= 11 is 0. The first-order valence-corrected chi connectivity index (χ1v) is 20.0. The second-order valence-corrected chi connectivity index (χ2v) is 14.4. The number of nitrogens with one attached hydrogen (secondary N) is 3. The molecule has 0 aliphatic rings. The van der Waals surface area contributed by atoms with Crippen molar-refractivity contribution in [2.45, 2.75) is 34.6 Å². The summed E-state index contributed by atoms with van der Waals surface area (Å²) in [7, 11) is 0. The molecule has 0 aliphatic heterocycles. The molecule has 4 aromatic carbocycles. The average molecular weight is 850 g/mol. The maximum Gasteiger partial charge on any atom is 0.241 e. The molecule has 0 unspecified atom stereocenters. The number of anilines is 4. The van der Waals surface area contributed by atoms with Crippen LogP contribution in [0, 0.1) is 39.5 Å². The molecule has 0 aliphatic carbocycles. The maximum atomic E-state index is 11.0. The molecule has 8 rings (SSSR count). The van der Waals surface area contributed by atoms with Crippen LogP contribution in [0.15, 0.2) is 122 Å². The number of amides is 2. The van der Waals surface area contributed by atoms with E-state index in [1.54, 1.807) is 24.7 Å². The number of carbonyl (C=O) groups excluding carboxylic acids is 2. The molecule has 4 aromatic heterocycles. The molecule has 0 saturated heterocycles. The Bertz CT molecular complexity index is 3070. The van der Waals surface area contributed by atoms with E-state index in [9.17, 15) is 9.59 Å². The van der Waals surface area contributed by atoms with Gasteiger partial charge in [0.15, 0.2) is 5.75 Å². The molecule has 0 saturated carbocycles. The van der Waals surface area contributed by atoms with Crippen LogP contribution in [-0.2, 0) is 9.59 Å². The van der Waals surface area contributed by atoms with Gasteiger partial charge in [0.1, 0.15) is 47.4 Å². The average Bonchev–Trinajstić information content (AvgIpc) is 3.28. The number of rotatable bonds is 11. The highest BCUT2D eigenvalue weighted by Gasteiger charge is 2.10. The van der Waals surface area contributed by atoms with Gasteiger partial charge in [-0.3, -0.25) is 14.6 Å². The highest BCUT2D eigenvalue weighted by atomic mass is 16.5. The van der Waals surface area contributed by atoms with Gasteiger partial charge in [0.2, 0.25) is 11.8 Å². The highest BCUT2D eigenvalue weighted by molar-refractivity contribution is 5.95. The molecular formula is C49H43N11O4. The predicted octanol–water partition coefficient (Wildman–Crippen LogP) is 8.74. The molecule has 15 nitrogen and oxygen atoms in total. The number of aromatic nitrogens is 7. The van der Waals surface area contributed by atoms with Gasteiger partial charge in [-0.2, -0.15) is 0 Å². The van der Waals surface area contributed by atoms with Crippen molar-refractivity contribution in [1.82, 2.24) is 40.2 Å². The van der Waals surface area contributed by atoms with Crippen LogP contribution < -0.4 is 31.2 Å². The van der Waals surface area contributed by atoms with E-state index in [1.165, 1.54) is 25.7 Å². The minimum Gasteiger partial charge on any atom is -0.455 e. The van der Waals surface area contributed by atoms with E-state index in [-0.39, 0.29) is 5.91 Å². The van der Waals surface area contributed by atoms with Gasteiger partial charge in [0, 0.05) is 46.4 Å². The summed E-state index contributed by atoms with van der Waals surface area (Å²) in [4.78, 5) is 52.0. The van der Waals surface area contributed by atoms with Crippen molar-refractivity contribution in [2.24, 2.45) is 5.73 Å². The van der Waals surface area contributed by atoms with Crippen LogP contribution in [0.25, 0.3) is 27.9 Å². The molecular weight excluding hydrogens is 807 g/mol. The number of aryl methyl sites for hydroxylation is 4. The SMILES string of the molecule is CC(=O)NCC#Cc1ccc2ncnc(Nc3ccc(Oc4cnc(C)nc4)c(C)c3)c2c1.Cc1ccc(Oc2ccc(Nc3ncnc4ccc(C=CC(N)=O)cc34)cc2C)cn1. The molecule has 5 N–H and O–H groups in total. The molecule has 0 radical (unpaired) electrons. The number of nitrogens with two attached hydrogens (primary N) is 1. The normalized spacial score (nSPS) is 10.6. The second-order valence-electron chi connectivity index (χ2n) is 14.4. The highest BCUT2D eigenvalue weighted by Crippen LogP contribution is 2.32. The van der Waals surface area contributed by atoms with Crippen molar-refractivity contribution in [3.8, 4) is 34.8 Å². The molecule has 0 fully saturated rings. The minimum atomic E-state index is -0.498. The molecule has 0 atom stereocenters. The predicted molar refractivity (Wildman–Crippen MR) is 248 cm³/mol. The van der Waals surface area contributed by atoms with Gasteiger partial charge in [-0.05, 0) is 129 Å². The zero-order valence-electron chi connectivity index (χ0n) is 35.7. The number of hydrogen-bond acceptors (Lipinski definition) is 13. The molecule has 0 bridgehead atoms. The number of fused-ring (bicyclic) bond motifs is 2. The van der Waals surface area contributed by atoms with E-state index in [0.717, 1.165) is 72.6 Å². The Kier molecular flexibility index (Phi) is 13.7. The molecule has 0 spiro atoms. The van der Waals surface area contributed by atoms with Crippen molar-refractivity contribution < 1.29 is 19.1 Å². The van der Waals surface area contributed by atoms with Crippen molar-refractivity contribution in [3.63, 3.8) is 0 Å². The third-order valence-corrected chi connectivity index (χ3v) is 9.37. The third kappa shape index (κ3) is 11.7. The number of benzene rings is 4. The summed E-state index contributed by atoms with van der Waals surface area (Å²) in [6, 6.07) is 26.8. The lowest BCUT2D eigenvalue weighted by Crippen LogP contribution is -2.19. The smallest absolute Gasteiger partial charge is 0.241 e. The summed E-state index contributed by atoms with van der Waals surface area (Å²) in [5, 5.41) is 11.0. The molecule has 15 heteroatoms. The first-order valence-electron chi connectivity index (χ1n) is 20.0. The largest absolute Gasteiger partial charge is 0.455 e. The summed E-state index contributed by atoms with van der Waals surface area (Å²) in [6.45, 7) is 9.47. The molecule has 4 heterocycles. The van der Waals surface area contributed by atoms with Gasteiger partial charge in [0.05, 0.1) is 36.2 Å². The van der Waals surface area contributed by atoms with Crippen LogP contribution in [0.5, 0.6) is 23.0 Å². The van der Waals surface area contributed by atoms with Crippen LogP contribution in [0.2, 0.25) is 0 Å². The molecule has 8 aromatic rings. The van der Waals surface area contributed by atoms with E-state index in [2.05, 4.69) is 62.7 Å². The van der Waals surface area contributed by atoms with Crippen molar-refractivity contribution >= 4 is 62.7 Å². The lowest BCUT2D eigenvalue weighted by molar-refractivity contribution is -0.118. The lowest BCUT2D eigenvalue weighted by atomic mass is 10.1. The van der Waals surface area contributed by atoms with Gasteiger partial charge >= 0.3 is 0 Å². The summed E-state index contributed by atoms with van der Waals surface area (Å²) < 4.78 is 11.8. The standard InChI is InChI=1S/C25H22N6O2.C24H21N5O2/c1-16-11-20(7-9-24(16)33-21-13-27-17(2)28-14-21)31-25-22-12-19(5-4-10-26-18(3)32)6-8-23(22)29-15-30-25;1-15-11-18(6-9-22(15)31-19-7-3-16(2)26-13-19)29-24-20-12-17(5-10-23(25)30)4-8-21(20)27-14-28-24/h6-9,11-15H,10H2,1-3H3,(H,26,32)(H,29,30,31);3-14H,1-2H3,(H2,25,30)(H,27,28,29). The van der Waals surface area contributed by atoms with Crippen LogP contribution in [0.3, 0.4) is 0 Å². The van der Waals surface area contributed by atoms with Crippen LogP contribution in [-0.4, -0.2) is 53.2 Å². The second kappa shape index (κ2) is 20.2. The monoisotopic (exact) mass is 849 g/mol. The Labute approximate surface area is 369 Å². The van der Waals surface area contributed by atoms with E-state index in [1.807, 2.05) is 113 Å². The van der Waals surface area contributed by atoms with E-state index in [0.29, 0.717) is 35.5 Å². The van der Waals surface area contributed by atoms with Crippen molar-refractivity contribution in [1.29, 1.82) is 0 Å². The number of nitrogens with zero attached hydrogens (tertiary/aromatic N) is 7. The Balaban J connectivity index is 0.000000192. The third-order valence-electron chi connectivity index (χ3n) is 9.37. The van der Waals surface area contributed by atoms with Crippen molar-refractivity contribution in [2.75, 3.05) is 17.2 Å². The number of pyridine rings is 1. The summed E-state index contributed by atoms with van der Waals surface area (Å²) in [6.07, 6.45) is 11.0. The van der Waals surface area contributed by atoms with Crippen LogP contribution >= 0.6 is 0 Å². The Hall–Kier alpha value is -8.77. The summed E-state index contributed by atoms with van der Waals surface area (Å²) in [5.41, 5.74) is 13.0. The number of carbonyl (C=O) groups is 2. The lowest BCUT2D eigenvalue weighted by Gasteiger charge is -2.12. The van der Waals surface area contributed by atoms with Crippen molar-refractivity contribution in [3.05, 3.63) is 156 Å². The van der Waals surface area contributed by atoms with E-state index < -0.39 is 5.91 Å². The minimum absolute atomic E-state index is 0.110. The first-order chi connectivity index (χ1) is 30.9. The fourth-order valence-electron chi connectivity index (χ4n) is 6.16. The fraction of sp³-hybridized carbons (Fsp3) is 0.122. The quantitative estimate of drug-likeness (QED) is 0.0711. The van der Waals surface area contributed by atoms with E-state index >= 15 is 0 Å². The zero-order chi connectivity index (χ0) is 45.0. The number of primary amides is 1. The summed E-state index contributed by atoms with van der Waals surface area (Å²) in [5.74, 6) is 10.1. The Morgan fingerprint density at radius 3 is 1.83 bits per heavy atom. The van der Waals surface area contributed by atoms with Gasteiger partial charge in [0.25, 0.3) is 0 Å². The van der Waals surface area contributed by atoms with Crippen LogP contribution in [0.1, 0.15) is 40.7 Å². The van der Waals surface area contributed by atoms with Gasteiger partial charge in [-0.25, -0.2) is 29.9 Å². The van der Waals surface area contributed by atoms with Gasteiger partial charge in [-0.15, -0.1) is 0 Å². The van der Waals surface area contributed by atoms with Crippen LogP contribution in [0.4, 0.5) is 23.0 Å². The zero-order valence-corrected chi connectivity index (χ0v) is 35.7. The number of ether oxygens (including phenoxy) is 2. The van der Waals surface area contributed by atoms with Gasteiger partial charge in [-0.1, -0.05) is 17.9 Å². The molecule has 64 heavy (non-hydrogen) atoms.